The van der Waals surface area contributed by atoms with Crippen molar-refractivity contribution in [2.45, 2.75) is 52.0 Å². The lowest BCUT2D eigenvalue weighted by Gasteiger charge is -2.35. The zero-order chi connectivity index (χ0) is 13.0. The summed E-state index contributed by atoms with van der Waals surface area (Å²) in [7, 11) is 0. The molecular weight excluding hydrogens is 222 g/mol. The first kappa shape index (κ1) is 13.1. The van der Waals surface area contributed by atoms with E-state index in [-0.39, 0.29) is 5.91 Å². The van der Waals surface area contributed by atoms with Gasteiger partial charge in [0.15, 0.2) is 0 Å². The number of hydrogen-bond donors (Lipinski definition) is 0. The van der Waals surface area contributed by atoms with Gasteiger partial charge in [-0.3, -0.25) is 4.79 Å². The second-order valence-electron chi connectivity index (χ2n) is 5.11. The van der Waals surface area contributed by atoms with Crippen molar-refractivity contribution in [1.82, 2.24) is 4.90 Å². The highest BCUT2D eigenvalue weighted by Crippen LogP contribution is 2.21. The van der Waals surface area contributed by atoms with Crippen LogP contribution in [0.3, 0.4) is 0 Å². The van der Waals surface area contributed by atoms with Gasteiger partial charge in [-0.1, -0.05) is 26.0 Å². The molecular formula is C16H23NO. The van der Waals surface area contributed by atoms with Crippen LogP contribution >= 0.6 is 0 Å². The highest BCUT2D eigenvalue weighted by atomic mass is 16.2. The Morgan fingerprint density at radius 1 is 1.22 bits per heavy atom. The Kier molecular flexibility index (Phi) is 4.40. The maximum Gasteiger partial charge on any atom is 0.254 e. The summed E-state index contributed by atoms with van der Waals surface area (Å²) < 4.78 is 0. The molecule has 0 spiro atoms. The van der Waals surface area contributed by atoms with E-state index in [1.807, 2.05) is 12.1 Å². The molecule has 1 fully saturated rings. The standard InChI is InChI=1S/C16H23NO/c1-3-13-8-10-14(11-9-13)16(18)17-12-6-5-7-15(17)4-2/h8-11,15H,3-7,12H2,1-2H3. The number of aryl methyl sites for hydroxylation is 1. The third-order valence-electron chi connectivity index (χ3n) is 3.97. The minimum atomic E-state index is 0.212. The molecule has 2 nitrogen and oxygen atoms in total. The molecule has 1 aromatic carbocycles. The molecule has 1 saturated heterocycles. The molecule has 1 heterocycles. The molecule has 1 aromatic rings. The lowest BCUT2D eigenvalue weighted by Crippen LogP contribution is -2.43. The van der Waals surface area contributed by atoms with Crippen molar-refractivity contribution in [3.63, 3.8) is 0 Å². The van der Waals surface area contributed by atoms with E-state index < -0.39 is 0 Å². The van der Waals surface area contributed by atoms with E-state index in [4.69, 9.17) is 0 Å². The summed E-state index contributed by atoms with van der Waals surface area (Å²) >= 11 is 0. The van der Waals surface area contributed by atoms with Crippen molar-refractivity contribution < 1.29 is 4.79 Å². The molecule has 1 amide bonds. The first-order valence-electron chi connectivity index (χ1n) is 7.16. The Hall–Kier alpha value is -1.31. The van der Waals surface area contributed by atoms with Crippen molar-refractivity contribution in [2.75, 3.05) is 6.54 Å². The van der Waals surface area contributed by atoms with Crippen LogP contribution in [0.2, 0.25) is 0 Å². The molecule has 0 saturated carbocycles. The van der Waals surface area contributed by atoms with E-state index >= 15 is 0 Å². The SMILES string of the molecule is CCc1ccc(C(=O)N2CCCCC2CC)cc1. The lowest BCUT2D eigenvalue weighted by molar-refractivity contribution is 0.0608. The molecule has 0 N–H and O–H groups in total. The van der Waals surface area contributed by atoms with Crippen molar-refractivity contribution in [2.24, 2.45) is 0 Å². The topological polar surface area (TPSA) is 20.3 Å². The third-order valence-corrected chi connectivity index (χ3v) is 3.97. The molecule has 0 radical (unpaired) electrons. The fraction of sp³-hybridized carbons (Fsp3) is 0.562. The molecule has 2 rings (SSSR count). The van der Waals surface area contributed by atoms with Gasteiger partial charge in [-0.05, 0) is 49.8 Å². The number of hydrogen-bond acceptors (Lipinski definition) is 1. The minimum absolute atomic E-state index is 0.212. The van der Waals surface area contributed by atoms with Crippen LogP contribution in [-0.2, 0) is 6.42 Å². The van der Waals surface area contributed by atoms with E-state index in [0.717, 1.165) is 37.8 Å². The summed E-state index contributed by atoms with van der Waals surface area (Å²) in [5.74, 6) is 0.212. The maximum atomic E-state index is 12.5. The molecule has 98 valence electrons. The number of benzene rings is 1. The first-order chi connectivity index (χ1) is 8.76. The molecule has 0 aromatic heterocycles. The number of likely N-dealkylation sites (tertiary alicyclic amines) is 1. The highest BCUT2D eigenvalue weighted by molar-refractivity contribution is 5.94. The summed E-state index contributed by atoms with van der Waals surface area (Å²) in [4.78, 5) is 14.6. The number of amides is 1. The summed E-state index contributed by atoms with van der Waals surface area (Å²) in [5, 5.41) is 0. The molecule has 1 unspecified atom stereocenters. The zero-order valence-corrected chi connectivity index (χ0v) is 11.5. The van der Waals surface area contributed by atoms with Gasteiger partial charge in [-0.15, -0.1) is 0 Å². The second-order valence-corrected chi connectivity index (χ2v) is 5.11. The Morgan fingerprint density at radius 2 is 1.94 bits per heavy atom. The predicted molar refractivity (Wildman–Crippen MR) is 74.8 cm³/mol. The highest BCUT2D eigenvalue weighted by Gasteiger charge is 2.25. The number of carbonyl (C=O) groups excluding carboxylic acids is 1. The van der Waals surface area contributed by atoms with Crippen molar-refractivity contribution in [3.8, 4) is 0 Å². The average molecular weight is 245 g/mol. The molecule has 1 aliphatic rings. The van der Waals surface area contributed by atoms with Crippen LogP contribution in [0.4, 0.5) is 0 Å². The van der Waals surface area contributed by atoms with Crippen LogP contribution in [0.1, 0.15) is 55.5 Å². The predicted octanol–water partition coefficient (Wildman–Crippen LogP) is 3.65. The van der Waals surface area contributed by atoms with Gasteiger partial charge in [-0.2, -0.15) is 0 Å². The molecule has 1 aliphatic heterocycles. The van der Waals surface area contributed by atoms with Gasteiger partial charge in [0.25, 0.3) is 5.91 Å². The summed E-state index contributed by atoms with van der Waals surface area (Å²) in [6.07, 6.45) is 5.66. The Labute approximate surface area is 110 Å². The Bertz CT molecular complexity index is 396. The third kappa shape index (κ3) is 2.74. The van der Waals surface area contributed by atoms with Crippen molar-refractivity contribution in [1.29, 1.82) is 0 Å². The van der Waals surface area contributed by atoms with E-state index in [9.17, 15) is 4.79 Å². The fourth-order valence-electron chi connectivity index (χ4n) is 2.74. The van der Waals surface area contributed by atoms with Crippen LogP contribution in [-0.4, -0.2) is 23.4 Å². The average Bonchev–Trinajstić information content (AvgIpc) is 2.46. The summed E-state index contributed by atoms with van der Waals surface area (Å²) in [6, 6.07) is 8.53. The first-order valence-corrected chi connectivity index (χ1v) is 7.16. The minimum Gasteiger partial charge on any atom is -0.336 e. The van der Waals surface area contributed by atoms with Crippen LogP contribution in [0.5, 0.6) is 0 Å². The van der Waals surface area contributed by atoms with Gasteiger partial charge >= 0.3 is 0 Å². The molecule has 1 atom stereocenters. The number of carbonyl (C=O) groups is 1. The quantitative estimate of drug-likeness (QED) is 0.796. The largest absolute Gasteiger partial charge is 0.336 e. The van der Waals surface area contributed by atoms with Gasteiger partial charge < -0.3 is 4.90 Å². The van der Waals surface area contributed by atoms with E-state index in [0.29, 0.717) is 6.04 Å². The number of piperidine rings is 1. The summed E-state index contributed by atoms with van der Waals surface area (Å²) in [5.41, 5.74) is 2.13. The Morgan fingerprint density at radius 3 is 2.56 bits per heavy atom. The summed E-state index contributed by atoms with van der Waals surface area (Å²) in [6.45, 7) is 5.23. The number of rotatable bonds is 3. The Balaban J connectivity index is 2.13. The lowest BCUT2D eigenvalue weighted by atomic mass is 9.98. The maximum absolute atomic E-state index is 12.5. The van der Waals surface area contributed by atoms with Gasteiger partial charge in [-0.25, -0.2) is 0 Å². The molecule has 0 bridgehead atoms. The van der Waals surface area contributed by atoms with Gasteiger partial charge in [0.2, 0.25) is 0 Å². The van der Waals surface area contributed by atoms with Crippen molar-refractivity contribution in [3.05, 3.63) is 35.4 Å². The van der Waals surface area contributed by atoms with Crippen LogP contribution in [0, 0.1) is 0 Å². The van der Waals surface area contributed by atoms with Crippen LogP contribution in [0.25, 0.3) is 0 Å². The smallest absolute Gasteiger partial charge is 0.254 e. The zero-order valence-electron chi connectivity index (χ0n) is 11.5. The van der Waals surface area contributed by atoms with Crippen molar-refractivity contribution >= 4 is 5.91 Å². The van der Waals surface area contributed by atoms with E-state index in [1.54, 1.807) is 0 Å². The number of nitrogens with zero attached hydrogens (tertiary/aromatic N) is 1. The molecule has 0 aliphatic carbocycles. The second kappa shape index (κ2) is 6.03. The van der Waals surface area contributed by atoms with Crippen LogP contribution < -0.4 is 0 Å². The fourth-order valence-corrected chi connectivity index (χ4v) is 2.74. The van der Waals surface area contributed by atoms with Crippen LogP contribution in [0.15, 0.2) is 24.3 Å². The van der Waals surface area contributed by atoms with Gasteiger partial charge in [0.1, 0.15) is 0 Å². The van der Waals surface area contributed by atoms with E-state index in [2.05, 4.69) is 30.9 Å². The van der Waals surface area contributed by atoms with E-state index in [1.165, 1.54) is 12.0 Å². The van der Waals surface area contributed by atoms with Gasteiger partial charge in [0, 0.05) is 18.2 Å². The van der Waals surface area contributed by atoms with Gasteiger partial charge in [0.05, 0.1) is 0 Å². The molecule has 18 heavy (non-hydrogen) atoms. The normalized spacial score (nSPS) is 19.9. The molecule has 2 heteroatoms. The monoisotopic (exact) mass is 245 g/mol.